The quantitative estimate of drug-likeness (QED) is 0.485. The van der Waals surface area contributed by atoms with E-state index in [4.69, 9.17) is 9.84 Å². The van der Waals surface area contributed by atoms with Crippen molar-refractivity contribution in [3.05, 3.63) is 0 Å². The summed E-state index contributed by atoms with van der Waals surface area (Å²) in [6, 6.07) is 0. The number of unbranched alkanes of at least 4 members (excludes halogenated alkanes) is 3. The Morgan fingerprint density at radius 2 is 1.90 bits per heavy atom. The molecule has 0 aliphatic heterocycles. The van der Waals surface area contributed by atoms with E-state index in [9.17, 15) is 5.11 Å². The van der Waals surface area contributed by atoms with Crippen molar-refractivity contribution in [1.29, 1.82) is 0 Å². The first-order chi connectivity index (χ1) is 10.3. The molecule has 126 valence electrons. The Labute approximate surface area is 130 Å². The summed E-state index contributed by atoms with van der Waals surface area (Å²) in [6.07, 6.45) is 10.4. The minimum absolute atomic E-state index is 0.295. The van der Waals surface area contributed by atoms with Gasteiger partial charge in [0.1, 0.15) is 0 Å². The topological polar surface area (TPSA) is 61.7 Å². The number of aliphatic hydroxyl groups is 2. The molecule has 0 saturated heterocycles. The van der Waals surface area contributed by atoms with Gasteiger partial charge in [0, 0.05) is 13.2 Å². The van der Waals surface area contributed by atoms with Crippen LogP contribution in [-0.4, -0.2) is 48.7 Å². The molecule has 0 bridgehead atoms. The van der Waals surface area contributed by atoms with Gasteiger partial charge in [-0.2, -0.15) is 0 Å². The zero-order valence-electron chi connectivity index (χ0n) is 13.7. The lowest BCUT2D eigenvalue weighted by atomic mass is 9.85. The van der Waals surface area contributed by atoms with E-state index in [1.54, 1.807) is 0 Å². The molecule has 4 nitrogen and oxygen atoms in total. The van der Waals surface area contributed by atoms with E-state index >= 15 is 0 Å². The summed E-state index contributed by atoms with van der Waals surface area (Å²) < 4.78 is 5.94. The second-order valence-corrected chi connectivity index (χ2v) is 6.32. The smallest absolute Gasteiger partial charge is 0.0897 e. The molecule has 1 fully saturated rings. The van der Waals surface area contributed by atoms with Crippen LogP contribution in [0.3, 0.4) is 0 Å². The van der Waals surface area contributed by atoms with Crippen molar-refractivity contribution in [2.75, 3.05) is 26.3 Å². The minimum Gasteiger partial charge on any atom is -0.396 e. The highest BCUT2D eigenvalue weighted by atomic mass is 16.5. The van der Waals surface area contributed by atoms with E-state index in [1.807, 2.05) is 0 Å². The molecule has 0 aromatic rings. The molecule has 4 heteroatoms. The highest BCUT2D eigenvalue weighted by molar-refractivity contribution is 4.75. The first-order valence-corrected chi connectivity index (χ1v) is 8.89. The fourth-order valence-electron chi connectivity index (χ4n) is 3.14. The number of hydrogen-bond acceptors (Lipinski definition) is 4. The van der Waals surface area contributed by atoms with Gasteiger partial charge in [0.25, 0.3) is 0 Å². The second kappa shape index (κ2) is 12.4. The lowest BCUT2D eigenvalue weighted by Gasteiger charge is -2.31. The third kappa shape index (κ3) is 8.77. The van der Waals surface area contributed by atoms with E-state index in [0.29, 0.717) is 31.8 Å². The highest BCUT2D eigenvalue weighted by Crippen LogP contribution is 2.29. The Hall–Kier alpha value is -0.160. The molecule has 3 N–H and O–H groups in total. The lowest BCUT2D eigenvalue weighted by molar-refractivity contribution is -0.0498. The number of hydrogen-bond donors (Lipinski definition) is 3. The summed E-state index contributed by atoms with van der Waals surface area (Å²) in [5, 5.41) is 21.9. The average molecular weight is 301 g/mol. The lowest BCUT2D eigenvalue weighted by Crippen LogP contribution is -2.35. The van der Waals surface area contributed by atoms with E-state index in [2.05, 4.69) is 12.2 Å². The van der Waals surface area contributed by atoms with Gasteiger partial charge in [-0.05, 0) is 38.1 Å². The Kier molecular flexibility index (Phi) is 11.1. The van der Waals surface area contributed by atoms with Crippen LogP contribution in [0.2, 0.25) is 0 Å². The van der Waals surface area contributed by atoms with E-state index in [-0.39, 0.29) is 0 Å². The van der Waals surface area contributed by atoms with Gasteiger partial charge in [0.2, 0.25) is 0 Å². The van der Waals surface area contributed by atoms with Crippen molar-refractivity contribution in [2.24, 2.45) is 5.92 Å². The van der Waals surface area contributed by atoms with E-state index in [0.717, 1.165) is 38.6 Å². The Morgan fingerprint density at radius 1 is 1.14 bits per heavy atom. The maximum atomic E-state index is 9.96. The zero-order chi connectivity index (χ0) is 15.3. The normalized spacial score (nSPS) is 24.1. The van der Waals surface area contributed by atoms with Crippen LogP contribution in [-0.2, 0) is 4.74 Å². The molecular weight excluding hydrogens is 266 g/mol. The first-order valence-electron chi connectivity index (χ1n) is 8.89. The number of aliphatic hydroxyl groups excluding tert-OH is 2. The summed E-state index contributed by atoms with van der Waals surface area (Å²) in [7, 11) is 0. The first kappa shape index (κ1) is 18.9. The molecule has 0 radical (unpaired) electrons. The molecule has 0 heterocycles. The summed E-state index contributed by atoms with van der Waals surface area (Å²) in [6.45, 7) is 4.54. The van der Waals surface area contributed by atoms with E-state index < -0.39 is 6.10 Å². The van der Waals surface area contributed by atoms with Crippen molar-refractivity contribution in [1.82, 2.24) is 5.32 Å². The fourth-order valence-corrected chi connectivity index (χ4v) is 3.14. The molecule has 0 aromatic carbocycles. The van der Waals surface area contributed by atoms with Crippen molar-refractivity contribution < 1.29 is 14.9 Å². The molecule has 21 heavy (non-hydrogen) atoms. The largest absolute Gasteiger partial charge is 0.396 e. The van der Waals surface area contributed by atoms with Gasteiger partial charge >= 0.3 is 0 Å². The molecule has 3 atom stereocenters. The predicted molar refractivity (Wildman–Crippen MR) is 86.4 cm³/mol. The second-order valence-electron chi connectivity index (χ2n) is 6.32. The summed E-state index contributed by atoms with van der Waals surface area (Å²) in [5.74, 6) is 0.686. The minimum atomic E-state index is -0.401. The summed E-state index contributed by atoms with van der Waals surface area (Å²) in [4.78, 5) is 0. The molecule has 1 aliphatic rings. The fraction of sp³-hybridized carbons (Fsp3) is 1.00. The van der Waals surface area contributed by atoms with Crippen LogP contribution >= 0.6 is 0 Å². The van der Waals surface area contributed by atoms with Gasteiger partial charge in [-0.3, -0.25) is 0 Å². The summed E-state index contributed by atoms with van der Waals surface area (Å²) in [5.41, 5.74) is 0. The van der Waals surface area contributed by atoms with Gasteiger partial charge in [0.15, 0.2) is 0 Å². The van der Waals surface area contributed by atoms with Gasteiger partial charge in [-0.1, -0.05) is 39.0 Å². The van der Waals surface area contributed by atoms with Crippen LogP contribution in [0.4, 0.5) is 0 Å². The highest BCUT2D eigenvalue weighted by Gasteiger charge is 2.24. The molecule has 0 amide bonds. The average Bonchev–Trinajstić information content (AvgIpc) is 2.52. The maximum Gasteiger partial charge on any atom is 0.0897 e. The van der Waals surface area contributed by atoms with Crippen LogP contribution in [0.1, 0.15) is 64.7 Å². The van der Waals surface area contributed by atoms with Crippen LogP contribution in [0.5, 0.6) is 0 Å². The van der Waals surface area contributed by atoms with Gasteiger partial charge in [-0.15, -0.1) is 0 Å². The van der Waals surface area contributed by atoms with Crippen LogP contribution in [0.25, 0.3) is 0 Å². The van der Waals surface area contributed by atoms with Gasteiger partial charge < -0.3 is 20.3 Å². The molecule has 1 saturated carbocycles. The van der Waals surface area contributed by atoms with Crippen LogP contribution < -0.4 is 5.32 Å². The zero-order valence-corrected chi connectivity index (χ0v) is 13.7. The molecule has 0 spiro atoms. The maximum absolute atomic E-state index is 9.96. The molecular formula is C17H35NO3. The predicted octanol–water partition coefficient (Wildman–Crippen LogP) is 2.48. The van der Waals surface area contributed by atoms with Crippen LogP contribution in [0.15, 0.2) is 0 Å². The SMILES string of the molecule is CCC1CCCCC1OCC(O)CNCCCCCCO. The van der Waals surface area contributed by atoms with Crippen molar-refractivity contribution in [2.45, 2.75) is 76.9 Å². The molecule has 1 rings (SSSR count). The van der Waals surface area contributed by atoms with Crippen molar-refractivity contribution in [3.63, 3.8) is 0 Å². The van der Waals surface area contributed by atoms with Gasteiger partial charge in [0.05, 0.1) is 18.8 Å². The molecule has 0 aromatic heterocycles. The standard InChI is InChI=1S/C17H35NO3/c1-2-15-9-5-6-10-17(15)21-14-16(20)13-18-11-7-3-4-8-12-19/h15-20H,2-14H2,1H3. The Morgan fingerprint density at radius 3 is 2.67 bits per heavy atom. The Bertz CT molecular complexity index is 238. The van der Waals surface area contributed by atoms with E-state index in [1.165, 1.54) is 25.7 Å². The third-order valence-electron chi connectivity index (χ3n) is 4.51. The molecule has 3 unspecified atom stereocenters. The number of nitrogens with one attached hydrogen (secondary N) is 1. The van der Waals surface area contributed by atoms with Crippen molar-refractivity contribution in [3.8, 4) is 0 Å². The van der Waals surface area contributed by atoms with Crippen molar-refractivity contribution >= 4 is 0 Å². The van der Waals surface area contributed by atoms with Gasteiger partial charge in [-0.25, -0.2) is 0 Å². The third-order valence-corrected chi connectivity index (χ3v) is 4.51. The number of rotatable bonds is 12. The Balaban J connectivity index is 1.99. The number of ether oxygens (including phenoxy) is 1. The molecule has 1 aliphatic carbocycles. The van der Waals surface area contributed by atoms with Crippen LogP contribution in [0, 0.1) is 5.92 Å². The summed E-state index contributed by atoms with van der Waals surface area (Å²) >= 11 is 0. The monoisotopic (exact) mass is 301 g/mol.